The first kappa shape index (κ1) is 8.34. The summed E-state index contributed by atoms with van der Waals surface area (Å²) >= 11 is 4.01. The summed E-state index contributed by atoms with van der Waals surface area (Å²) in [5.41, 5.74) is 0. The highest BCUT2D eigenvalue weighted by Gasteiger charge is 2.11. The molecule has 3 heteroatoms. The van der Waals surface area contributed by atoms with Crippen molar-refractivity contribution in [1.82, 2.24) is 0 Å². The SMILES string of the molecule is OC=CCC1CCSCS1. The highest BCUT2D eigenvalue weighted by atomic mass is 32.2. The number of hydrogen-bond donors (Lipinski definition) is 1. The molecule has 1 rings (SSSR count). The Morgan fingerprint density at radius 2 is 2.50 bits per heavy atom. The second kappa shape index (κ2) is 4.97. The number of thioether (sulfide) groups is 2. The lowest BCUT2D eigenvalue weighted by atomic mass is 10.2. The Balaban J connectivity index is 2.13. The summed E-state index contributed by atoms with van der Waals surface area (Å²) in [6.45, 7) is 0. The van der Waals surface area contributed by atoms with Gasteiger partial charge in [-0.05, 0) is 24.7 Å². The van der Waals surface area contributed by atoms with E-state index in [9.17, 15) is 0 Å². The van der Waals surface area contributed by atoms with Crippen LogP contribution in [0.15, 0.2) is 12.3 Å². The average molecular weight is 176 g/mol. The Labute approximate surface area is 70.3 Å². The Morgan fingerprint density at radius 3 is 3.10 bits per heavy atom. The third-order valence-electron chi connectivity index (χ3n) is 1.48. The largest absolute Gasteiger partial charge is 0.516 e. The van der Waals surface area contributed by atoms with Gasteiger partial charge in [0.2, 0.25) is 0 Å². The maximum Gasteiger partial charge on any atom is 0.0752 e. The zero-order chi connectivity index (χ0) is 7.23. The maximum absolute atomic E-state index is 8.40. The molecule has 58 valence electrons. The van der Waals surface area contributed by atoms with Crippen LogP contribution in [-0.2, 0) is 0 Å². The molecule has 0 aliphatic carbocycles. The molecule has 1 saturated heterocycles. The second-order valence-corrected chi connectivity index (χ2v) is 4.98. The number of rotatable bonds is 2. The van der Waals surface area contributed by atoms with Gasteiger partial charge in [0.15, 0.2) is 0 Å². The van der Waals surface area contributed by atoms with Gasteiger partial charge >= 0.3 is 0 Å². The quantitative estimate of drug-likeness (QED) is 0.653. The highest BCUT2D eigenvalue weighted by Crippen LogP contribution is 2.30. The van der Waals surface area contributed by atoms with E-state index in [1.165, 1.54) is 17.3 Å². The van der Waals surface area contributed by atoms with E-state index in [1.807, 2.05) is 29.6 Å². The molecule has 1 atom stereocenters. The molecule has 0 aromatic rings. The third kappa shape index (κ3) is 2.88. The zero-order valence-corrected chi connectivity index (χ0v) is 7.46. The van der Waals surface area contributed by atoms with Crippen molar-refractivity contribution < 1.29 is 5.11 Å². The predicted octanol–water partition coefficient (Wildman–Crippen LogP) is 2.64. The van der Waals surface area contributed by atoms with Crippen LogP contribution in [0.5, 0.6) is 0 Å². The first-order valence-corrected chi connectivity index (χ1v) is 5.62. The smallest absolute Gasteiger partial charge is 0.0752 e. The zero-order valence-electron chi connectivity index (χ0n) is 5.82. The molecular weight excluding hydrogens is 164 g/mol. The first-order chi connectivity index (χ1) is 4.93. The molecule has 1 aliphatic rings. The maximum atomic E-state index is 8.40. The van der Waals surface area contributed by atoms with Crippen molar-refractivity contribution in [2.75, 3.05) is 10.8 Å². The topological polar surface area (TPSA) is 20.2 Å². The predicted molar refractivity (Wildman–Crippen MR) is 49.7 cm³/mol. The van der Waals surface area contributed by atoms with Gasteiger partial charge in [-0.25, -0.2) is 0 Å². The van der Waals surface area contributed by atoms with Gasteiger partial charge in [-0.3, -0.25) is 0 Å². The molecule has 0 radical (unpaired) electrons. The van der Waals surface area contributed by atoms with E-state index in [0.717, 1.165) is 17.9 Å². The van der Waals surface area contributed by atoms with Gasteiger partial charge in [0.1, 0.15) is 0 Å². The molecule has 0 spiro atoms. The summed E-state index contributed by atoms with van der Waals surface area (Å²) in [4.78, 5) is 0. The highest BCUT2D eigenvalue weighted by molar-refractivity contribution is 8.16. The Hall–Kier alpha value is 0.240. The van der Waals surface area contributed by atoms with Crippen LogP contribution in [0.2, 0.25) is 0 Å². The van der Waals surface area contributed by atoms with Gasteiger partial charge in [0, 0.05) is 10.3 Å². The first-order valence-electron chi connectivity index (χ1n) is 3.42. The third-order valence-corrected chi connectivity index (χ3v) is 4.11. The van der Waals surface area contributed by atoms with Crippen molar-refractivity contribution in [3.05, 3.63) is 12.3 Å². The molecule has 0 aromatic heterocycles. The fourth-order valence-electron chi connectivity index (χ4n) is 0.900. The molecule has 0 aromatic carbocycles. The van der Waals surface area contributed by atoms with E-state index < -0.39 is 0 Å². The number of hydrogen-bond acceptors (Lipinski definition) is 3. The van der Waals surface area contributed by atoms with E-state index in [1.54, 1.807) is 0 Å². The Morgan fingerprint density at radius 1 is 1.60 bits per heavy atom. The van der Waals surface area contributed by atoms with E-state index in [0.29, 0.717) is 0 Å². The molecule has 0 bridgehead atoms. The summed E-state index contributed by atoms with van der Waals surface area (Å²) < 4.78 is 0. The molecule has 1 heterocycles. The Bertz CT molecular complexity index is 108. The van der Waals surface area contributed by atoms with Crippen LogP contribution in [0.1, 0.15) is 12.8 Å². The van der Waals surface area contributed by atoms with Crippen LogP contribution in [-0.4, -0.2) is 21.2 Å². The minimum Gasteiger partial charge on any atom is -0.516 e. The Kier molecular flexibility index (Phi) is 4.14. The van der Waals surface area contributed by atoms with Crippen molar-refractivity contribution >= 4 is 23.5 Å². The monoisotopic (exact) mass is 176 g/mol. The molecule has 0 saturated carbocycles. The number of aliphatic hydroxyl groups is 1. The molecule has 1 nitrogen and oxygen atoms in total. The molecule has 10 heavy (non-hydrogen) atoms. The fourth-order valence-corrected chi connectivity index (χ4v) is 3.66. The van der Waals surface area contributed by atoms with Crippen LogP contribution in [0, 0.1) is 0 Å². The molecule has 1 aliphatic heterocycles. The van der Waals surface area contributed by atoms with Gasteiger partial charge in [-0.15, -0.1) is 11.8 Å². The van der Waals surface area contributed by atoms with Gasteiger partial charge in [-0.1, -0.05) is 0 Å². The lowest BCUT2D eigenvalue weighted by molar-refractivity contribution is 0.470. The second-order valence-electron chi connectivity index (χ2n) is 2.22. The number of aliphatic hydroxyl groups excluding tert-OH is 1. The lowest BCUT2D eigenvalue weighted by Gasteiger charge is -2.18. The average Bonchev–Trinajstić information content (AvgIpc) is 2.03. The summed E-state index contributed by atoms with van der Waals surface area (Å²) in [7, 11) is 0. The minimum atomic E-state index is 0.754. The van der Waals surface area contributed by atoms with E-state index in [4.69, 9.17) is 5.11 Å². The van der Waals surface area contributed by atoms with Gasteiger partial charge in [0.25, 0.3) is 0 Å². The fraction of sp³-hybridized carbons (Fsp3) is 0.714. The van der Waals surface area contributed by atoms with Crippen molar-refractivity contribution in [3.8, 4) is 0 Å². The van der Waals surface area contributed by atoms with Gasteiger partial charge in [0.05, 0.1) is 6.26 Å². The summed E-state index contributed by atoms with van der Waals surface area (Å²) in [6, 6.07) is 0. The van der Waals surface area contributed by atoms with Gasteiger partial charge < -0.3 is 5.11 Å². The van der Waals surface area contributed by atoms with Crippen molar-refractivity contribution in [2.45, 2.75) is 18.1 Å². The van der Waals surface area contributed by atoms with Crippen LogP contribution >= 0.6 is 23.5 Å². The summed E-state index contributed by atoms with van der Waals surface area (Å²) in [5.74, 6) is 1.29. The molecule has 1 N–H and O–H groups in total. The lowest BCUT2D eigenvalue weighted by Crippen LogP contribution is -2.07. The van der Waals surface area contributed by atoms with Crippen molar-refractivity contribution in [2.24, 2.45) is 0 Å². The van der Waals surface area contributed by atoms with Crippen LogP contribution in [0.4, 0.5) is 0 Å². The van der Waals surface area contributed by atoms with Crippen molar-refractivity contribution in [1.29, 1.82) is 0 Å². The van der Waals surface area contributed by atoms with Crippen LogP contribution in [0.3, 0.4) is 0 Å². The summed E-state index contributed by atoms with van der Waals surface area (Å²) in [5, 5.41) is 10.4. The van der Waals surface area contributed by atoms with Crippen LogP contribution < -0.4 is 0 Å². The summed E-state index contributed by atoms with van der Waals surface area (Å²) in [6.07, 6.45) is 5.32. The van der Waals surface area contributed by atoms with E-state index >= 15 is 0 Å². The molecule has 1 unspecified atom stereocenters. The van der Waals surface area contributed by atoms with E-state index in [2.05, 4.69) is 0 Å². The minimum absolute atomic E-state index is 0.754. The van der Waals surface area contributed by atoms with Gasteiger partial charge in [-0.2, -0.15) is 11.8 Å². The molecular formula is C7H12OS2. The van der Waals surface area contributed by atoms with Crippen molar-refractivity contribution in [3.63, 3.8) is 0 Å². The van der Waals surface area contributed by atoms with E-state index in [-0.39, 0.29) is 0 Å². The number of allylic oxidation sites excluding steroid dienone is 1. The normalized spacial score (nSPS) is 27.4. The molecule has 1 fully saturated rings. The standard InChI is InChI=1S/C7H12OS2/c8-4-1-2-7-3-5-9-6-10-7/h1,4,7-8H,2-3,5-6H2. The van der Waals surface area contributed by atoms with Crippen LogP contribution in [0.25, 0.3) is 0 Å². The molecule has 0 amide bonds.